The Kier molecular flexibility index (Phi) is 5.01. The summed E-state index contributed by atoms with van der Waals surface area (Å²) in [6.07, 6.45) is 2.20. The van der Waals surface area contributed by atoms with Crippen LogP contribution >= 0.6 is 0 Å². The van der Waals surface area contributed by atoms with Gasteiger partial charge < -0.3 is 0 Å². The van der Waals surface area contributed by atoms with Gasteiger partial charge in [-0.3, -0.25) is 4.84 Å². The van der Waals surface area contributed by atoms with Gasteiger partial charge in [-0.2, -0.15) is 0 Å². The largest absolute Gasteiger partial charge is 0.285 e. The smallest absolute Gasteiger partial charge is 0.0702 e. The number of nitrogens with one attached hydrogen (secondary N) is 1. The van der Waals surface area contributed by atoms with Crippen LogP contribution in [-0.2, 0) is 4.84 Å². The van der Waals surface area contributed by atoms with E-state index in [9.17, 15) is 0 Å². The number of rotatable bonds is 4. The molecule has 0 amide bonds. The van der Waals surface area contributed by atoms with E-state index >= 15 is 0 Å². The highest BCUT2D eigenvalue weighted by Gasteiger charge is 1.95. The Labute approximate surface area is 51.0 Å². The van der Waals surface area contributed by atoms with Crippen molar-refractivity contribution >= 4 is 0 Å². The van der Waals surface area contributed by atoms with Crippen LogP contribution < -0.4 is 5.90 Å². The maximum Gasteiger partial charge on any atom is 0.0702 e. The van der Waals surface area contributed by atoms with Gasteiger partial charge in [0.05, 0.1) is 6.61 Å². The SMILES string of the molecule is CCC(C)CCO[NH]. The first-order valence-corrected chi connectivity index (χ1v) is 3.09. The Morgan fingerprint density at radius 2 is 2.25 bits per heavy atom. The molecule has 2 heteroatoms. The highest BCUT2D eigenvalue weighted by atomic mass is 16.6. The standard InChI is InChI=1S/C6H14NO/c1-3-6(2)4-5-8-7/h6-7H,3-5H2,1-2H3. The van der Waals surface area contributed by atoms with Crippen LogP contribution in [-0.4, -0.2) is 6.61 Å². The van der Waals surface area contributed by atoms with Crippen molar-refractivity contribution in [3.05, 3.63) is 0 Å². The van der Waals surface area contributed by atoms with Gasteiger partial charge in [0, 0.05) is 0 Å². The van der Waals surface area contributed by atoms with Crippen molar-refractivity contribution in [1.29, 1.82) is 0 Å². The van der Waals surface area contributed by atoms with Crippen molar-refractivity contribution in [3.63, 3.8) is 0 Å². The fourth-order valence-corrected chi connectivity index (χ4v) is 0.464. The van der Waals surface area contributed by atoms with E-state index in [1.165, 1.54) is 6.42 Å². The Balaban J connectivity index is 2.86. The van der Waals surface area contributed by atoms with Crippen LogP contribution in [0.5, 0.6) is 0 Å². The lowest BCUT2D eigenvalue weighted by Gasteiger charge is -2.03. The minimum Gasteiger partial charge on any atom is -0.285 e. The van der Waals surface area contributed by atoms with Crippen LogP contribution in [0.1, 0.15) is 26.7 Å². The van der Waals surface area contributed by atoms with Crippen LogP contribution in [0.2, 0.25) is 0 Å². The van der Waals surface area contributed by atoms with Crippen LogP contribution in [0.4, 0.5) is 0 Å². The van der Waals surface area contributed by atoms with Gasteiger partial charge in [0.25, 0.3) is 0 Å². The zero-order chi connectivity index (χ0) is 6.41. The molecule has 0 aromatic rings. The average Bonchev–Trinajstić information content (AvgIpc) is 1.83. The van der Waals surface area contributed by atoms with Crippen molar-refractivity contribution in [3.8, 4) is 0 Å². The van der Waals surface area contributed by atoms with Crippen LogP contribution in [0.25, 0.3) is 0 Å². The third-order valence-corrected chi connectivity index (χ3v) is 1.41. The van der Waals surface area contributed by atoms with Gasteiger partial charge in [0.2, 0.25) is 0 Å². The van der Waals surface area contributed by atoms with E-state index in [2.05, 4.69) is 18.7 Å². The molecule has 1 atom stereocenters. The normalized spacial score (nSPS) is 13.9. The Hall–Kier alpha value is -0.0800. The van der Waals surface area contributed by atoms with Crippen LogP contribution in [0.3, 0.4) is 0 Å². The summed E-state index contributed by atoms with van der Waals surface area (Å²) < 4.78 is 0. The summed E-state index contributed by atoms with van der Waals surface area (Å²) >= 11 is 0. The molecule has 1 unspecified atom stereocenters. The van der Waals surface area contributed by atoms with Gasteiger partial charge in [-0.25, -0.2) is 0 Å². The molecular formula is C6H14NO. The molecule has 0 aliphatic carbocycles. The molecule has 1 N–H and O–H groups in total. The summed E-state index contributed by atoms with van der Waals surface area (Å²) in [7, 11) is 0. The molecule has 0 saturated heterocycles. The van der Waals surface area contributed by atoms with Crippen molar-refractivity contribution in [2.75, 3.05) is 6.61 Å². The molecule has 0 aromatic carbocycles. The fraction of sp³-hybridized carbons (Fsp3) is 1.00. The molecule has 0 rings (SSSR count). The molecule has 1 radical (unpaired) electrons. The minimum absolute atomic E-state index is 0.578. The molecule has 0 aliphatic rings. The average molecular weight is 116 g/mol. The number of hydrogen-bond acceptors (Lipinski definition) is 1. The quantitative estimate of drug-likeness (QED) is 0.514. The molecule has 0 saturated carbocycles. The Bertz CT molecular complexity index is 47.8. The first-order valence-electron chi connectivity index (χ1n) is 3.09. The van der Waals surface area contributed by atoms with Gasteiger partial charge >= 0.3 is 0 Å². The minimum atomic E-state index is 0.578. The van der Waals surface area contributed by atoms with Gasteiger partial charge in [0.15, 0.2) is 0 Å². The predicted octanol–water partition coefficient (Wildman–Crippen LogP) is 1.64. The molecule has 0 fully saturated rings. The van der Waals surface area contributed by atoms with E-state index in [0.717, 1.165) is 6.42 Å². The highest BCUT2D eigenvalue weighted by molar-refractivity contribution is 4.46. The van der Waals surface area contributed by atoms with Crippen molar-refractivity contribution in [2.24, 2.45) is 5.92 Å². The lowest BCUT2D eigenvalue weighted by molar-refractivity contribution is 0.106. The monoisotopic (exact) mass is 116 g/mol. The van der Waals surface area contributed by atoms with E-state index < -0.39 is 0 Å². The lowest BCUT2D eigenvalue weighted by Crippen LogP contribution is -1.98. The predicted molar refractivity (Wildman–Crippen MR) is 33.1 cm³/mol. The van der Waals surface area contributed by atoms with E-state index in [1.54, 1.807) is 0 Å². The Morgan fingerprint density at radius 1 is 1.62 bits per heavy atom. The van der Waals surface area contributed by atoms with Crippen molar-refractivity contribution in [2.45, 2.75) is 26.7 Å². The molecule has 0 aliphatic heterocycles. The molecular weight excluding hydrogens is 102 g/mol. The summed E-state index contributed by atoms with van der Waals surface area (Å²) in [4.78, 5) is 4.16. The lowest BCUT2D eigenvalue weighted by atomic mass is 10.1. The van der Waals surface area contributed by atoms with Gasteiger partial charge in [0.1, 0.15) is 0 Å². The Morgan fingerprint density at radius 3 is 2.62 bits per heavy atom. The maximum absolute atomic E-state index is 6.37. The summed E-state index contributed by atoms with van der Waals surface area (Å²) in [6, 6.07) is 0. The molecule has 0 spiro atoms. The first kappa shape index (κ1) is 7.92. The molecule has 49 valence electrons. The second kappa shape index (κ2) is 5.06. The summed E-state index contributed by atoms with van der Waals surface area (Å²) in [6.45, 7) is 4.89. The highest BCUT2D eigenvalue weighted by Crippen LogP contribution is 2.04. The van der Waals surface area contributed by atoms with E-state index in [0.29, 0.717) is 12.5 Å². The topological polar surface area (TPSA) is 33.0 Å². The first-order chi connectivity index (χ1) is 3.81. The zero-order valence-corrected chi connectivity index (χ0v) is 5.61. The van der Waals surface area contributed by atoms with Gasteiger partial charge in [-0.15, -0.1) is 5.90 Å². The third kappa shape index (κ3) is 4.09. The second-order valence-electron chi connectivity index (χ2n) is 2.15. The summed E-state index contributed by atoms with van der Waals surface area (Å²) in [5.74, 6) is 7.08. The van der Waals surface area contributed by atoms with Crippen molar-refractivity contribution < 1.29 is 4.84 Å². The molecule has 0 aromatic heterocycles. The summed E-state index contributed by atoms with van der Waals surface area (Å²) in [5, 5.41) is 0. The van der Waals surface area contributed by atoms with Crippen molar-refractivity contribution in [1.82, 2.24) is 5.90 Å². The third-order valence-electron chi connectivity index (χ3n) is 1.41. The molecule has 2 nitrogen and oxygen atoms in total. The van der Waals surface area contributed by atoms with Crippen LogP contribution in [0, 0.1) is 5.92 Å². The number of hydrogen-bond donors (Lipinski definition) is 0. The maximum atomic E-state index is 6.37. The van der Waals surface area contributed by atoms with Crippen LogP contribution in [0.15, 0.2) is 0 Å². The zero-order valence-electron chi connectivity index (χ0n) is 5.61. The second-order valence-corrected chi connectivity index (χ2v) is 2.15. The van der Waals surface area contributed by atoms with Gasteiger partial charge in [-0.1, -0.05) is 20.3 Å². The van der Waals surface area contributed by atoms with Gasteiger partial charge in [-0.05, 0) is 12.3 Å². The molecule has 0 heterocycles. The van der Waals surface area contributed by atoms with E-state index in [1.807, 2.05) is 0 Å². The molecule has 8 heavy (non-hydrogen) atoms. The van der Waals surface area contributed by atoms with E-state index in [-0.39, 0.29) is 0 Å². The summed E-state index contributed by atoms with van der Waals surface area (Å²) in [5.41, 5.74) is 0. The fourth-order valence-electron chi connectivity index (χ4n) is 0.464. The molecule has 0 bridgehead atoms. The van der Waals surface area contributed by atoms with E-state index in [4.69, 9.17) is 5.90 Å².